The summed E-state index contributed by atoms with van der Waals surface area (Å²) in [6.07, 6.45) is 2.23. The number of anilines is 1. The van der Waals surface area contributed by atoms with E-state index in [1.54, 1.807) is 18.3 Å². The van der Waals surface area contributed by atoms with Gasteiger partial charge in [0.1, 0.15) is 0 Å². The first-order valence-corrected chi connectivity index (χ1v) is 7.54. The van der Waals surface area contributed by atoms with Crippen molar-refractivity contribution >= 4 is 33.8 Å². The molecule has 0 bridgehead atoms. The number of hydrazone groups is 1. The average Bonchev–Trinajstić information content (AvgIpc) is 3.08. The van der Waals surface area contributed by atoms with Gasteiger partial charge in [-0.2, -0.15) is 5.10 Å². The zero-order valence-corrected chi connectivity index (χ0v) is 13.3. The third kappa shape index (κ3) is 2.88. The molecule has 3 rings (SSSR count). The van der Waals surface area contributed by atoms with Crippen LogP contribution in [0.15, 0.2) is 26.4 Å². The van der Waals surface area contributed by atoms with Crippen LogP contribution in [0.2, 0.25) is 0 Å². The Hall–Kier alpha value is -2.88. The van der Waals surface area contributed by atoms with Gasteiger partial charge in [-0.25, -0.2) is 14.9 Å². The molecule has 0 aliphatic rings. The predicted octanol–water partition coefficient (Wildman–Crippen LogP) is 1.18. The number of benzene rings is 1. The monoisotopic (exact) mass is 334 g/mol. The summed E-state index contributed by atoms with van der Waals surface area (Å²) in [5, 5.41) is 11.9. The van der Waals surface area contributed by atoms with E-state index >= 15 is 0 Å². The predicted molar refractivity (Wildman–Crippen MR) is 87.7 cm³/mol. The van der Waals surface area contributed by atoms with Gasteiger partial charge < -0.3 is 15.0 Å². The average molecular weight is 334 g/mol. The second-order valence-corrected chi connectivity index (χ2v) is 5.52. The van der Waals surface area contributed by atoms with E-state index in [2.05, 4.69) is 20.7 Å². The van der Waals surface area contributed by atoms with Crippen LogP contribution in [0.25, 0.3) is 10.3 Å². The van der Waals surface area contributed by atoms with E-state index in [4.69, 9.17) is 15.0 Å². The lowest BCUT2D eigenvalue weighted by Gasteiger charge is -2.02. The molecule has 3 N–H and O–H groups in total. The van der Waals surface area contributed by atoms with Gasteiger partial charge in [-0.3, -0.25) is 0 Å². The second kappa shape index (κ2) is 6.08. The minimum atomic E-state index is -0.381. The molecule has 0 fully saturated rings. The molecule has 0 radical (unpaired) electrons. The van der Waals surface area contributed by atoms with E-state index in [-0.39, 0.29) is 4.94 Å². The van der Waals surface area contributed by atoms with Crippen LogP contribution in [0.4, 0.5) is 5.95 Å². The number of ether oxygens (including phenoxy) is 1. The summed E-state index contributed by atoms with van der Waals surface area (Å²) < 4.78 is 12.3. The van der Waals surface area contributed by atoms with Gasteiger partial charge in [0.2, 0.25) is 0 Å². The lowest BCUT2D eigenvalue weighted by atomic mass is 10.2. The molecule has 0 saturated carbocycles. The Morgan fingerprint density at radius 2 is 2.35 bits per heavy atom. The number of hydrogen-bond donors (Lipinski definition) is 2. The topological polar surface area (TPSA) is 121 Å². The zero-order chi connectivity index (χ0) is 16.4. The maximum atomic E-state index is 11.4. The van der Waals surface area contributed by atoms with Crippen LogP contribution in [0.1, 0.15) is 18.3 Å². The molecule has 0 saturated heterocycles. The van der Waals surface area contributed by atoms with Gasteiger partial charge in [-0.15, -0.1) is 10.2 Å². The molecule has 23 heavy (non-hydrogen) atoms. The van der Waals surface area contributed by atoms with Gasteiger partial charge in [0, 0.05) is 6.42 Å². The van der Waals surface area contributed by atoms with Crippen molar-refractivity contribution in [3.05, 3.63) is 33.3 Å². The van der Waals surface area contributed by atoms with Crippen molar-refractivity contribution in [2.75, 3.05) is 18.4 Å². The van der Waals surface area contributed by atoms with Crippen LogP contribution in [0.5, 0.6) is 5.75 Å². The summed E-state index contributed by atoms with van der Waals surface area (Å²) in [5.41, 5.74) is 3.88. The number of nitrogens with two attached hydrogens (primary N) is 1. The molecular weight excluding hydrogens is 320 g/mol. The SMILES string of the molecule is CCc1nnc(NN=Cc2cc(OC)c3oc(=O)sc3c2)n1N. The number of rotatable bonds is 5. The Bertz CT molecular complexity index is 926. The lowest BCUT2D eigenvalue weighted by Crippen LogP contribution is -2.14. The van der Waals surface area contributed by atoms with Crippen LogP contribution >= 0.6 is 11.3 Å². The van der Waals surface area contributed by atoms with Crippen molar-refractivity contribution in [3.63, 3.8) is 0 Å². The fourth-order valence-electron chi connectivity index (χ4n) is 2.00. The Kier molecular flexibility index (Phi) is 3.98. The molecule has 2 heterocycles. The first-order chi connectivity index (χ1) is 11.1. The van der Waals surface area contributed by atoms with Crippen LogP contribution in [0, 0.1) is 0 Å². The van der Waals surface area contributed by atoms with E-state index < -0.39 is 0 Å². The Morgan fingerprint density at radius 3 is 3.04 bits per heavy atom. The fourth-order valence-corrected chi connectivity index (χ4v) is 2.73. The highest BCUT2D eigenvalue weighted by molar-refractivity contribution is 7.16. The van der Waals surface area contributed by atoms with E-state index in [1.807, 2.05) is 6.92 Å². The van der Waals surface area contributed by atoms with Gasteiger partial charge in [-0.1, -0.05) is 18.3 Å². The van der Waals surface area contributed by atoms with Crippen molar-refractivity contribution in [2.45, 2.75) is 13.3 Å². The zero-order valence-electron chi connectivity index (χ0n) is 12.4. The molecular formula is C13H14N6O3S. The van der Waals surface area contributed by atoms with E-state index in [0.29, 0.717) is 34.2 Å². The van der Waals surface area contributed by atoms with E-state index in [1.165, 1.54) is 11.8 Å². The van der Waals surface area contributed by atoms with Gasteiger partial charge in [0.25, 0.3) is 5.95 Å². The summed E-state index contributed by atoms with van der Waals surface area (Å²) in [5.74, 6) is 7.26. The fraction of sp³-hybridized carbons (Fsp3) is 0.231. The third-order valence-corrected chi connectivity index (χ3v) is 3.88. The van der Waals surface area contributed by atoms with Crippen molar-refractivity contribution in [2.24, 2.45) is 5.10 Å². The maximum Gasteiger partial charge on any atom is 0.396 e. The van der Waals surface area contributed by atoms with Gasteiger partial charge in [0.15, 0.2) is 17.2 Å². The summed E-state index contributed by atoms with van der Waals surface area (Å²) >= 11 is 1.00. The third-order valence-electron chi connectivity index (χ3n) is 3.10. The highest BCUT2D eigenvalue weighted by Gasteiger charge is 2.10. The summed E-state index contributed by atoms with van der Waals surface area (Å²) in [6.45, 7) is 1.93. The van der Waals surface area contributed by atoms with Crippen LogP contribution in [-0.4, -0.2) is 28.2 Å². The standard InChI is InChI=1S/C13H14N6O3S/c1-3-10-16-18-12(19(10)14)17-15-6-7-4-8(21-2)11-9(5-7)23-13(20)22-11/h4-6H,3,14H2,1-2H3,(H,17,18). The molecule has 0 aliphatic heterocycles. The Labute approximate surface area is 134 Å². The number of hydrogen-bond acceptors (Lipinski definition) is 9. The van der Waals surface area contributed by atoms with Crippen LogP contribution in [-0.2, 0) is 6.42 Å². The number of aromatic nitrogens is 3. The van der Waals surface area contributed by atoms with Crippen molar-refractivity contribution < 1.29 is 9.15 Å². The minimum Gasteiger partial charge on any atom is -0.493 e. The molecule has 1 aromatic carbocycles. The number of nitrogen functional groups attached to an aromatic ring is 1. The quantitative estimate of drug-likeness (QED) is 0.408. The lowest BCUT2D eigenvalue weighted by molar-refractivity contribution is 0.408. The van der Waals surface area contributed by atoms with E-state index in [9.17, 15) is 4.79 Å². The largest absolute Gasteiger partial charge is 0.493 e. The number of methoxy groups -OCH3 is 1. The van der Waals surface area contributed by atoms with Crippen LogP contribution < -0.4 is 20.9 Å². The van der Waals surface area contributed by atoms with Crippen molar-refractivity contribution in [3.8, 4) is 5.75 Å². The van der Waals surface area contributed by atoms with Crippen molar-refractivity contribution in [1.82, 2.24) is 14.9 Å². The van der Waals surface area contributed by atoms with Crippen molar-refractivity contribution in [1.29, 1.82) is 0 Å². The molecule has 0 unspecified atom stereocenters. The molecule has 3 aromatic rings. The number of nitrogens with one attached hydrogen (secondary N) is 1. The second-order valence-electron chi connectivity index (χ2n) is 4.54. The first-order valence-electron chi connectivity index (χ1n) is 6.72. The van der Waals surface area contributed by atoms with Gasteiger partial charge in [-0.05, 0) is 17.7 Å². The Balaban J connectivity index is 1.85. The Morgan fingerprint density at radius 1 is 1.52 bits per heavy atom. The van der Waals surface area contributed by atoms with Crippen LogP contribution in [0.3, 0.4) is 0 Å². The smallest absolute Gasteiger partial charge is 0.396 e. The molecule has 0 amide bonds. The maximum absolute atomic E-state index is 11.4. The molecule has 120 valence electrons. The summed E-state index contributed by atoms with van der Waals surface area (Å²) in [7, 11) is 1.51. The van der Waals surface area contributed by atoms with Gasteiger partial charge >= 0.3 is 4.94 Å². The highest BCUT2D eigenvalue weighted by atomic mass is 32.1. The summed E-state index contributed by atoms with van der Waals surface area (Å²) in [4.78, 5) is 11.0. The molecule has 0 atom stereocenters. The molecule has 2 aromatic heterocycles. The molecule has 9 nitrogen and oxygen atoms in total. The summed E-state index contributed by atoms with van der Waals surface area (Å²) in [6, 6.07) is 3.50. The highest BCUT2D eigenvalue weighted by Crippen LogP contribution is 2.28. The molecule has 10 heteroatoms. The van der Waals surface area contributed by atoms with Gasteiger partial charge in [0.05, 0.1) is 18.0 Å². The molecule has 0 spiro atoms. The number of nitrogens with zero attached hydrogens (tertiary/aromatic N) is 4. The first kappa shape index (κ1) is 15.0. The van der Waals surface area contributed by atoms with E-state index in [0.717, 1.165) is 16.9 Å². The number of aryl methyl sites for hydroxylation is 1. The number of fused-ring (bicyclic) bond motifs is 1. The molecule has 0 aliphatic carbocycles. The normalized spacial score (nSPS) is 11.4. The minimum absolute atomic E-state index is 0.333.